The van der Waals surface area contributed by atoms with Gasteiger partial charge in [-0.25, -0.2) is 4.79 Å². The van der Waals surface area contributed by atoms with Gasteiger partial charge in [0.05, 0.1) is 0 Å². The number of amides is 1. The standard InChI is InChI=1S/C18H29N3O2/c1-17(2,3)23-16(22)21-12-9-18(10-13-21,20(4)5)14-15-8-6-7-11-19-15/h6-8,11H,9-10,12-14H2,1-5H3. The zero-order valence-corrected chi connectivity index (χ0v) is 15.0. The molecule has 0 unspecified atom stereocenters. The lowest BCUT2D eigenvalue weighted by atomic mass is 9.82. The van der Waals surface area contributed by atoms with Crippen LogP contribution in [-0.4, -0.2) is 59.2 Å². The number of likely N-dealkylation sites (tertiary alicyclic amines) is 1. The highest BCUT2D eigenvalue weighted by molar-refractivity contribution is 5.68. The minimum atomic E-state index is -0.443. The van der Waals surface area contributed by atoms with E-state index in [-0.39, 0.29) is 11.6 Å². The zero-order chi connectivity index (χ0) is 17.1. The SMILES string of the molecule is CN(C)C1(Cc2ccccn2)CCN(C(=O)OC(C)(C)C)CC1. The third kappa shape index (κ3) is 4.67. The van der Waals surface area contributed by atoms with Crippen LogP contribution in [0.4, 0.5) is 4.79 Å². The third-order valence-electron chi connectivity index (χ3n) is 4.53. The summed E-state index contributed by atoms with van der Waals surface area (Å²) in [6, 6.07) is 6.05. The Labute approximate surface area is 139 Å². The number of carbonyl (C=O) groups is 1. The minimum absolute atomic E-state index is 0.0485. The summed E-state index contributed by atoms with van der Waals surface area (Å²) in [5.74, 6) is 0. The number of hydrogen-bond donors (Lipinski definition) is 0. The van der Waals surface area contributed by atoms with E-state index in [1.165, 1.54) is 0 Å². The lowest BCUT2D eigenvalue weighted by molar-refractivity contribution is 0.00313. The predicted octanol–water partition coefficient (Wildman–Crippen LogP) is 2.96. The Hall–Kier alpha value is -1.62. The van der Waals surface area contributed by atoms with E-state index in [4.69, 9.17) is 4.74 Å². The molecule has 0 bridgehead atoms. The first kappa shape index (κ1) is 17.7. The summed E-state index contributed by atoms with van der Waals surface area (Å²) >= 11 is 0. The molecule has 23 heavy (non-hydrogen) atoms. The maximum Gasteiger partial charge on any atom is 0.410 e. The summed E-state index contributed by atoms with van der Waals surface area (Å²) in [6.07, 6.45) is 4.39. The van der Waals surface area contributed by atoms with E-state index in [9.17, 15) is 4.79 Å². The molecule has 1 aliphatic heterocycles. The fraction of sp³-hybridized carbons (Fsp3) is 0.667. The van der Waals surface area contributed by atoms with Gasteiger partial charge in [0, 0.05) is 36.9 Å². The van der Waals surface area contributed by atoms with Gasteiger partial charge in [-0.05, 0) is 59.8 Å². The second-order valence-electron chi connectivity index (χ2n) is 7.58. The Bertz CT molecular complexity index is 515. The van der Waals surface area contributed by atoms with Crippen molar-refractivity contribution in [2.24, 2.45) is 0 Å². The van der Waals surface area contributed by atoms with Gasteiger partial charge in [0.2, 0.25) is 0 Å². The fourth-order valence-corrected chi connectivity index (χ4v) is 3.05. The third-order valence-corrected chi connectivity index (χ3v) is 4.53. The number of ether oxygens (including phenoxy) is 1. The van der Waals surface area contributed by atoms with Crippen molar-refractivity contribution in [3.8, 4) is 0 Å². The smallest absolute Gasteiger partial charge is 0.410 e. The van der Waals surface area contributed by atoms with Gasteiger partial charge in [-0.3, -0.25) is 4.98 Å². The fourth-order valence-electron chi connectivity index (χ4n) is 3.05. The molecule has 0 radical (unpaired) electrons. The Morgan fingerprint density at radius 1 is 1.30 bits per heavy atom. The van der Waals surface area contributed by atoms with Crippen molar-refractivity contribution in [1.82, 2.24) is 14.8 Å². The highest BCUT2D eigenvalue weighted by Gasteiger charge is 2.39. The van der Waals surface area contributed by atoms with E-state index in [1.807, 2.05) is 44.0 Å². The quantitative estimate of drug-likeness (QED) is 0.859. The van der Waals surface area contributed by atoms with Crippen molar-refractivity contribution in [1.29, 1.82) is 0 Å². The molecule has 2 heterocycles. The van der Waals surface area contributed by atoms with Crippen molar-refractivity contribution in [3.63, 3.8) is 0 Å². The van der Waals surface area contributed by atoms with E-state index in [1.54, 1.807) is 0 Å². The number of pyridine rings is 1. The highest BCUT2D eigenvalue weighted by atomic mass is 16.6. The maximum absolute atomic E-state index is 12.2. The summed E-state index contributed by atoms with van der Waals surface area (Å²) in [7, 11) is 4.23. The van der Waals surface area contributed by atoms with Crippen LogP contribution in [0.3, 0.4) is 0 Å². The van der Waals surface area contributed by atoms with Gasteiger partial charge in [-0.15, -0.1) is 0 Å². The van der Waals surface area contributed by atoms with Crippen molar-refractivity contribution >= 4 is 6.09 Å². The van der Waals surface area contributed by atoms with Gasteiger partial charge >= 0.3 is 6.09 Å². The maximum atomic E-state index is 12.2. The van der Waals surface area contributed by atoms with Crippen molar-refractivity contribution in [2.75, 3.05) is 27.2 Å². The summed E-state index contributed by atoms with van der Waals surface area (Å²) < 4.78 is 5.49. The van der Waals surface area contributed by atoms with Crippen LogP contribution in [0.1, 0.15) is 39.3 Å². The molecular weight excluding hydrogens is 290 g/mol. The number of carbonyl (C=O) groups excluding carboxylic acids is 1. The van der Waals surface area contributed by atoms with Crippen molar-refractivity contribution in [2.45, 2.75) is 51.2 Å². The van der Waals surface area contributed by atoms with E-state index >= 15 is 0 Å². The van der Waals surface area contributed by atoms with E-state index in [0.717, 1.165) is 38.0 Å². The molecule has 5 nitrogen and oxygen atoms in total. The second-order valence-corrected chi connectivity index (χ2v) is 7.58. The average molecular weight is 319 g/mol. The molecule has 0 aromatic carbocycles. The molecular formula is C18H29N3O2. The molecule has 128 valence electrons. The molecule has 1 amide bonds. The van der Waals surface area contributed by atoms with E-state index < -0.39 is 5.60 Å². The molecule has 1 aromatic rings. The number of aromatic nitrogens is 1. The number of piperidine rings is 1. The monoisotopic (exact) mass is 319 g/mol. The van der Waals surface area contributed by atoms with Gasteiger partial charge < -0.3 is 14.5 Å². The van der Waals surface area contributed by atoms with Crippen LogP contribution in [0.25, 0.3) is 0 Å². The largest absolute Gasteiger partial charge is 0.444 e. The Kier molecular flexibility index (Phi) is 5.30. The number of nitrogens with zero attached hydrogens (tertiary/aromatic N) is 3. The predicted molar refractivity (Wildman–Crippen MR) is 91.4 cm³/mol. The second kappa shape index (κ2) is 6.87. The van der Waals surface area contributed by atoms with Gasteiger partial charge in [-0.2, -0.15) is 0 Å². The zero-order valence-electron chi connectivity index (χ0n) is 15.0. The molecule has 0 N–H and O–H groups in total. The Morgan fingerprint density at radius 3 is 2.43 bits per heavy atom. The van der Waals surface area contributed by atoms with Crippen LogP contribution in [-0.2, 0) is 11.2 Å². The Morgan fingerprint density at radius 2 is 1.96 bits per heavy atom. The highest BCUT2D eigenvalue weighted by Crippen LogP contribution is 2.31. The molecule has 0 spiro atoms. The molecule has 0 saturated carbocycles. The van der Waals surface area contributed by atoms with Gasteiger partial charge in [0.25, 0.3) is 0 Å². The van der Waals surface area contributed by atoms with Crippen molar-refractivity contribution < 1.29 is 9.53 Å². The first-order chi connectivity index (χ1) is 10.7. The van der Waals surface area contributed by atoms with Crippen LogP contribution in [0.2, 0.25) is 0 Å². The summed E-state index contributed by atoms with van der Waals surface area (Å²) in [5, 5.41) is 0. The summed E-state index contributed by atoms with van der Waals surface area (Å²) in [4.78, 5) is 20.8. The average Bonchev–Trinajstić information content (AvgIpc) is 2.47. The normalized spacial score (nSPS) is 18.1. The van der Waals surface area contributed by atoms with E-state index in [0.29, 0.717) is 0 Å². The van der Waals surface area contributed by atoms with Gasteiger partial charge in [-0.1, -0.05) is 6.07 Å². The van der Waals surface area contributed by atoms with E-state index in [2.05, 4.69) is 30.0 Å². The number of hydrogen-bond acceptors (Lipinski definition) is 4. The van der Waals surface area contributed by atoms with Crippen molar-refractivity contribution in [3.05, 3.63) is 30.1 Å². The number of rotatable bonds is 3. The lowest BCUT2D eigenvalue weighted by Gasteiger charge is -2.46. The summed E-state index contributed by atoms with van der Waals surface area (Å²) in [5.41, 5.74) is 0.709. The molecule has 1 fully saturated rings. The Balaban J connectivity index is 2.02. The molecule has 0 atom stereocenters. The van der Waals surface area contributed by atoms with Crippen LogP contribution in [0.15, 0.2) is 24.4 Å². The van der Waals surface area contributed by atoms with Crippen LogP contribution < -0.4 is 0 Å². The van der Waals surface area contributed by atoms with Gasteiger partial charge in [0.15, 0.2) is 0 Å². The topological polar surface area (TPSA) is 45.7 Å². The number of likely N-dealkylation sites (N-methyl/N-ethyl adjacent to an activating group) is 1. The molecule has 2 rings (SSSR count). The molecule has 5 heteroatoms. The van der Waals surface area contributed by atoms with Crippen LogP contribution >= 0.6 is 0 Å². The first-order valence-electron chi connectivity index (χ1n) is 8.27. The van der Waals surface area contributed by atoms with Gasteiger partial charge in [0.1, 0.15) is 5.60 Å². The van der Waals surface area contributed by atoms with Crippen LogP contribution in [0, 0.1) is 0 Å². The summed E-state index contributed by atoms with van der Waals surface area (Å²) in [6.45, 7) is 7.15. The van der Waals surface area contributed by atoms with Crippen LogP contribution in [0.5, 0.6) is 0 Å². The minimum Gasteiger partial charge on any atom is -0.444 e. The lowest BCUT2D eigenvalue weighted by Crippen LogP contribution is -2.55. The molecule has 0 aliphatic carbocycles. The molecule has 1 saturated heterocycles. The first-order valence-corrected chi connectivity index (χ1v) is 8.27. The molecule has 1 aromatic heterocycles. The molecule has 1 aliphatic rings.